The van der Waals surface area contributed by atoms with E-state index >= 15 is 0 Å². The molecule has 1 N–H and O–H groups in total. The van der Waals surface area contributed by atoms with Crippen molar-refractivity contribution in [3.63, 3.8) is 0 Å². The van der Waals surface area contributed by atoms with Crippen LogP contribution in [-0.4, -0.2) is 52.9 Å². The molecule has 1 amide bonds. The molecule has 0 aliphatic carbocycles. The third kappa shape index (κ3) is 4.41. The van der Waals surface area contributed by atoms with E-state index in [1.54, 1.807) is 36.4 Å². The Bertz CT molecular complexity index is 844. The number of rotatable bonds is 4. The van der Waals surface area contributed by atoms with Crippen LogP contribution in [0.1, 0.15) is 29.9 Å². The Balaban J connectivity index is 1.40. The molecule has 2 unspecified atom stereocenters. The van der Waals surface area contributed by atoms with E-state index in [0.717, 1.165) is 11.1 Å². The lowest BCUT2D eigenvalue weighted by Gasteiger charge is -2.42. The van der Waals surface area contributed by atoms with Gasteiger partial charge in [0.25, 0.3) is 5.91 Å². The first-order chi connectivity index (χ1) is 14.0. The standard InChI is InChI=1S/C22H24F2N2O3/c23-17-5-1-15(2-6-17)13-26-22(28)21(10-12-29-26)25-11-9-19(20(24)14-25)16-3-7-18(27)8-4-16/h1-8,19-21,27H,9-14H2/t19?,20-,21?/m1/s1. The van der Waals surface area contributed by atoms with Gasteiger partial charge in [-0.25, -0.2) is 13.8 Å². The number of aromatic hydroxyl groups is 1. The second-order valence-corrected chi connectivity index (χ2v) is 7.64. The van der Waals surface area contributed by atoms with Crippen molar-refractivity contribution in [2.45, 2.75) is 37.5 Å². The van der Waals surface area contributed by atoms with Crippen LogP contribution in [0.4, 0.5) is 8.78 Å². The third-order valence-corrected chi connectivity index (χ3v) is 5.74. The molecule has 2 aromatic carbocycles. The molecule has 4 rings (SSSR count). The molecule has 2 heterocycles. The van der Waals surface area contributed by atoms with E-state index in [4.69, 9.17) is 4.84 Å². The summed E-state index contributed by atoms with van der Waals surface area (Å²) in [5, 5.41) is 10.7. The summed E-state index contributed by atoms with van der Waals surface area (Å²) in [5.41, 5.74) is 1.64. The fourth-order valence-corrected chi connectivity index (χ4v) is 4.15. The van der Waals surface area contributed by atoms with Crippen molar-refractivity contribution in [2.24, 2.45) is 0 Å². The smallest absolute Gasteiger partial charge is 0.263 e. The molecule has 7 heteroatoms. The second kappa shape index (κ2) is 8.47. The van der Waals surface area contributed by atoms with Crippen molar-refractivity contribution in [1.29, 1.82) is 0 Å². The van der Waals surface area contributed by atoms with E-state index in [9.17, 15) is 18.7 Å². The van der Waals surface area contributed by atoms with Gasteiger partial charge in [0.15, 0.2) is 0 Å². The molecule has 3 atom stereocenters. The number of carbonyl (C=O) groups excluding carboxylic acids is 1. The number of alkyl halides is 1. The Morgan fingerprint density at radius 3 is 2.48 bits per heavy atom. The summed E-state index contributed by atoms with van der Waals surface area (Å²) < 4.78 is 28.0. The predicted molar refractivity (Wildman–Crippen MR) is 103 cm³/mol. The average molecular weight is 402 g/mol. The molecule has 0 saturated carbocycles. The van der Waals surface area contributed by atoms with Crippen molar-refractivity contribution >= 4 is 5.91 Å². The highest BCUT2D eigenvalue weighted by atomic mass is 19.1. The van der Waals surface area contributed by atoms with E-state index in [2.05, 4.69) is 0 Å². The quantitative estimate of drug-likeness (QED) is 0.852. The molecule has 2 saturated heterocycles. The number of piperidine rings is 1. The van der Waals surface area contributed by atoms with Crippen LogP contribution in [0.5, 0.6) is 5.75 Å². The van der Waals surface area contributed by atoms with Crippen molar-refractivity contribution in [1.82, 2.24) is 9.96 Å². The van der Waals surface area contributed by atoms with Crippen molar-refractivity contribution < 1.29 is 23.5 Å². The highest BCUT2D eigenvalue weighted by molar-refractivity contribution is 5.81. The van der Waals surface area contributed by atoms with Crippen molar-refractivity contribution in [3.05, 3.63) is 65.5 Å². The van der Waals surface area contributed by atoms with Crippen molar-refractivity contribution in [2.75, 3.05) is 19.7 Å². The number of hydroxylamine groups is 2. The summed E-state index contributed by atoms with van der Waals surface area (Å²) in [6.45, 7) is 1.42. The molecule has 29 heavy (non-hydrogen) atoms. The summed E-state index contributed by atoms with van der Waals surface area (Å²) in [5.74, 6) is -0.591. The number of hydrogen-bond donors (Lipinski definition) is 1. The normalized spacial score (nSPS) is 25.9. The molecule has 5 nitrogen and oxygen atoms in total. The van der Waals surface area contributed by atoms with E-state index in [1.165, 1.54) is 17.2 Å². The molecule has 2 fully saturated rings. The Hall–Kier alpha value is -2.51. The molecule has 154 valence electrons. The van der Waals surface area contributed by atoms with Crippen LogP contribution in [0.15, 0.2) is 48.5 Å². The van der Waals surface area contributed by atoms with Gasteiger partial charge in [-0.2, -0.15) is 0 Å². The minimum atomic E-state index is -1.09. The molecular weight excluding hydrogens is 378 g/mol. The fraction of sp³-hybridized carbons (Fsp3) is 0.409. The van der Waals surface area contributed by atoms with Crippen LogP contribution in [0.3, 0.4) is 0 Å². The molecule has 0 bridgehead atoms. The average Bonchev–Trinajstić information content (AvgIpc) is 2.72. The maximum absolute atomic E-state index is 15.0. The molecule has 0 aromatic heterocycles. The highest BCUT2D eigenvalue weighted by Crippen LogP contribution is 2.33. The van der Waals surface area contributed by atoms with Gasteiger partial charge in [0.05, 0.1) is 19.2 Å². The largest absolute Gasteiger partial charge is 0.508 e. The van der Waals surface area contributed by atoms with E-state index < -0.39 is 12.2 Å². The molecule has 2 aromatic rings. The lowest BCUT2D eigenvalue weighted by atomic mass is 9.87. The fourth-order valence-electron chi connectivity index (χ4n) is 4.15. The first-order valence-electron chi connectivity index (χ1n) is 9.87. The summed E-state index contributed by atoms with van der Waals surface area (Å²) in [6, 6.07) is 12.2. The molecule has 0 spiro atoms. The lowest BCUT2D eigenvalue weighted by Crippen LogP contribution is -2.56. The Kier molecular flexibility index (Phi) is 5.78. The number of nitrogens with zero attached hydrogens (tertiary/aromatic N) is 2. The van der Waals surface area contributed by atoms with Gasteiger partial charge in [-0.15, -0.1) is 0 Å². The number of phenols is 1. The summed E-state index contributed by atoms with van der Waals surface area (Å²) in [4.78, 5) is 20.4. The van der Waals surface area contributed by atoms with Crippen LogP contribution in [-0.2, 0) is 16.2 Å². The van der Waals surface area contributed by atoms with Crippen LogP contribution in [0, 0.1) is 5.82 Å². The molecule has 2 aliphatic heterocycles. The van der Waals surface area contributed by atoms with Gasteiger partial charge in [-0.1, -0.05) is 24.3 Å². The predicted octanol–water partition coefficient (Wildman–Crippen LogP) is 3.39. The summed E-state index contributed by atoms with van der Waals surface area (Å²) in [6.07, 6.45) is 0.0404. The number of likely N-dealkylation sites (tertiary alicyclic amines) is 1. The Morgan fingerprint density at radius 1 is 1.07 bits per heavy atom. The minimum Gasteiger partial charge on any atom is -0.508 e. The molecule has 2 aliphatic rings. The second-order valence-electron chi connectivity index (χ2n) is 7.64. The van der Waals surface area contributed by atoms with Crippen LogP contribution < -0.4 is 0 Å². The van der Waals surface area contributed by atoms with Gasteiger partial charge in [0.2, 0.25) is 0 Å². The molecule has 0 radical (unpaired) electrons. The SMILES string of the molecule is O=C1C(N2CCC(c3ccc(O)cc3)[C@H](F)C2)CCON1Cc1ccc(F)cc1. The lowest BCUT2D eigenvalue weighted by molar-refractivity contribution is -0.212. The first kappa shape index (κ1) is 19.8. The zero-order valence-electron chi connectivity index (χ0n) is 16.0. The van der Waals surface area contributed by atoms with Gasteiger partial charge in [0.1, 0.15) is 17.7 Å². The maximum atomic E-state index is 15.0. The van der Waals surface area contributed by atoms with E-state index in [-0.39, 0.29) is 36.5 Å². The monoisotopic (exact) mass is 402 g/mol. The number of amides is 1. The maximum Gasteiger partial charge on any atom is 0.263 e. The zero-order valence-corrected chi connectivity index (χ0v) is 16.0. The molecular formula is C22H24F2N2O3. The number of halogens is 2. The number of carbonyl (C=O) groups is 1. The highest BCUT2D eigenvalue weighted by Gasteiger charge is 2.39. The number of phenolic OH excluding ortho intramolecular Hbond substituents is 1. The van der Waals surface area contributed by atoms with Crippen LogP contribution in [0.2, 0.25) is 0 Å². The van der Waals surface area contributed by atoms with Crippen LogP contribution >= 0.6 is 0 Å². The van der Waals surface area contributed by atoms with Crippen LogP contribution in [0.25, 0.3) is 0 Å². The van der Waals surface area contributed by atoms with Gasteiger partial charge in [-0.3, -0.25) is 14.5 Å². The Morgan fingerprint density at radius 2 is 1.79 bits per heavy atom. The van der Waals surface area contributed by atoms with E-state index in [0.29, 0.717) is 26.0 Å². The van der Waals surface area contributed by atoms with Gasteiger partial charge in [-0.05, 0) is 54.8 Å². The van der Waals surface area contributed by atoms with Gasteiger partial charge in [0, 0.05) is 12.5 Å². The topological polar surface area (TPSA) is 53.0 Å². The van der Waals surface area contributed by atoms with Gasteiger partial charge >= 0.3 is 0 Å². The zero-order chi connectivity index (χ0) is 20.4. The number of hydrogen-bond acceptors (Lipinski definition) is 4. The summed E-state index contributed by atoms with van der Waals surface area (Å²) in [7, 11) is 0. The number of benzene rings is 2. The first-order valence-corrected chi connectivity index (χ1v) is 9.87. The Labute approximate surface area is 168 Å². The minimum absolute atomic E-state index is 0.163. The summed E-state index contributed by atoms with van der Waals surface area (Å²) >= 11 is 0. The third-order valence-electron chi connectivity index (χ3n) is 5.74. The van der Waals surface area contributed by atoms with Gasteiger partial charge < -0.3 is 5.11 Å². The van der Waals surface area contributed by atoms with Crippen molar-refractivity contribution in [3.8, 4) is 5.75 Å². The van der Waals surface area contributed by atoms with E-state index in [1.807, 2.05) is 4.90 Å².